The summed E-state index contributed by atoms with van der Waals surface area (Å²) in [6, 6.07) is 9.79. The van der Waals surface area contributed by atoms with E-state index in [0.29, 0.717) is 24.9 Å². The highest BCUT2D eigenvalue weighted by atomic mass is 16.5. The molecule has 1 amide bonds. The van der Waals surface area contributed by atoms with Crippen LogP contribution in [-0.2, 0) is 4.79 Å². The molecular formula is C22H27N5O2. The molecule has 3 heterocycles. The van der Waals surface area contributed by atoms with Crippen molar-refractivity contribution < 1.29 is 9.53 Å². The van der Waals surface area contributed by atoms with Crippen molar-refractivity contribution in [3.05, 3.63) is 48.7 Å². The number of ether oxygens (including phenoxy) is 1. The standard InChI is InChI=1S/C22H27N5O2/c1-16(17-6-4-5-7-18(17)23-2)14-26-12-9-22(20(26)28)10-13-27(15-22)21-24-11-8-19(25-21)29-3/h4-8,11,23H,1,9-10,12-15H2,2-3H3. The molecule has 1 aromatic carbocycles. The highest BCUT2D eigenvalue weighted by Crippen LogP contribution is 2.42. The van der Waals surface area contributed by atoms with Gasteiger partial charge in [-0.05, 0) is 24.5 Å². The Morgan fingerprint density at radius 3 is 2.86 bits per heavy atom. The molecule has 2 aliphatic heterocycles. The zero-order chi connectivity index (χ0) is 20.4. The van der Waals surface area contributed by atoms with Crippen LogP contribution in [0.2, 0.25) is 0 Å². The topological polar surface area (TPSA) is 70.6 Å². The number of nitrogens with one attached hydrogen (secondary N) is 1. The highest BCUT2D eigenvalue weighted by Gasteiger charge is 2.51. The summed E-state index contributed by atoms with van der Waals surface area (Å²) in [6.45, 7) is 6.98. The fraction of sp³-hybridized carbons (Fsp3) is 0.409. The number of rotatable bonds is 6. The van der Waals surface area contributed by atoms with Gasteiger partial charge in [0, 0.05) is 56.7 Å². The smallest absolute Gasteiger partial charge is 0.231 e. The zero-order valence-electron chi connectivity index (χ0n) is 17.0. The number of anilines is 2. The van der Waals surface area contributed by atoms with Crippen LogP contribution in [0.3, 0.4) is 0 Å². The molecule has 29 heavy (non-hydrogen) atoms. The Morgan fingerprint density at radius 1 is 1.28 bits per heavy atom. The Morgan fingerprint density at radius 2 is 2.07 bits per heavy atom. The Labute approximate surface area is 171 Å². The van der Waals surface area contributed by atoms with Gasteiger partial charge in [0.25, 0.3) is 0 Å². The van der Waals surface area contributed by atoms with E-state index in [1.165, 1.54) is 0 Å². The number of aromatic nitrogens is 2. The predicted octanol–water partition coefficient (Wildman–Crippen LogP) is 2.67. The van der Waals surface area contributed by atoms with Gasteiger partial charge in [-0.2, -0.15) is 4.98 Å². The minimum Gasteiger partial charge on any atom is -0.481 e. The summed E-state index contributed by atoms with van der Waals surface area (Å²) in [7, 11) is 3.49. The third-order valence-corrected chi connectivity index (χ3v) is 6.02. The van der Waals surface area contributed by atoms with Gasteiger partial charge in [-0.15, -0.1) is 0 Å². The number of carbonyl (C=O) groups excluding carboxylic acids is 1. The normalized spacial score (nSPS) is 21.1. The molecule has 0 bridgehead atoms. The molecule has 2 fully saturated rings. The summed E-state index contributed by atoms with van der Waals surface area (Å²) in [5.74, 6) is 1.38. The number of methoxy groups -OCH3 is 1. The van der Waals surface area contributed by atoms with Gasteiger partial charge in [-0.1, -0.05) is 24.8 Å². The van der Waals surface area contributed by atoms with Gasteiger partial charge in [0.2, 0.25) is 17.7 Å². The van der Waals surface area contributed by atoms with Crippen LogP contribution in [-0.4, -0.2) is 61.1 Å². The summed E-state index contributed by atoms with van der Waals surface area (Å²) >= 11 is 0. The van der Waals surface area contributed by atoms with Gasteiger partial charge in [0.1, 0.15) is 0 Å². The number of hydrogen-bond donors (Lipinski definition) is 1. The van der Waals surface area contributed by atoms with Crippen molar-refractivity contribution in [1.82, 2.24) is 14.9 Å². The molecule has 1 spiro atoms. The Balaban J connectivity index is 1.45. The number of amides is 1. The van der Waals surface area contributed by atoms with Crippen molar-refractivity contribution in [1.29, 1.82) is 0 Å². The van der Waals surface area contributed by atoms with Gasteiger partial charge in [0.15, 0.2) is 0 Å². The monoisotopic (exact) mass is 393 g/mol. The van der Waals surface area contributed by atoms with E-state index in [0.717, 1.165) is 42.8 Å². The molecular weight excluding hydrogens is 366 g/mol. The van der Waals surface area contributed by atoms with E-state index in [-0.39, 0.29) is 11.3 Å². The molecule has 1 unspecified atom stereocenters. The molecule has 2 saturated heterocycles. The average molecular weight is 393 g/mol. The van der Waals surface area contributed by atoms with Crippen molar-refractivity contribution in [3.8, 4) is 5.88 Å². The fourth-order valence-corrected chi connectivity index (χ4v) is 4.39. The SMILES string of the molecule is C=C(CN1CCC2(CCN(c3nccc(OC)n3)C2)C1=O)c1ccccc1NC. The minimum absolute atomic E-state index is 0.214. The van der Waals surface area contributed by atoms with Crippen LogP contribution in [0.5, 0.6) is 5.88 Å². The largest absolute Gasteiger partial charge is 0.481 e. The van der Waals surface area contributed by atoms with Crippen molar-refractivity contribution in [2.45, 2.75) is 12.8 Å². The van der Waals surface area contributed by atoms with E-state index in [1.54, 1.807) is 19.4 Å². The molecule has 152 valence electrons. The van der Waals surface area contributed by atoms with Crippen molar-refractivity contribution in [3.63, 3.8) is 0 Å². The average Bonchev–Trinajstić information content (AvgIpc) is 3.33. The van der Waals surface area contributed by atoms with Crippen LogP contribution in [0.15, 0.2) is 43.1 Å². The summed E-state index contributed by atoms with van der Waals surface area (Å²) in [5.41, 5.74) is 2.68. The lowest BCUT2D eigenvalue weighted by Gasteiger charge is -2.24. The number of para-hydroxylation sites is 1. The summed E-state index contributed by atoms with van der Waals surface area (Å²) < 4.78 is 5.21. The van der Waals surface area contributed by atoms with E-state index >= 15 is 0 Å². The molecule has 0 saturated carbocycles. The quantitative estimate of drug-likeness (QED) is 0.814. The third-order valence-electron chi connectivity index (χ3n) is 6.02. The molecule has 1 N–H and O–H groups in total. The zero-order valence-corrected chi connectivity index (χ0v) is 17.0. The van der Waals surface area contributed by atoms with Crippen LogP contribution in [0.4, 0.5) is 11.6 Å². The first-order valence-electron chi connectivity index (χ1n) is 9.92. The van der Waals surface area contributed by atoms with Crippen molar-refractivity contribution in [2.75, 3.05) is 50.6 Å². The van der Waals surface area contributed by atoms with Crippen LogP contribution in [0.25, 0.3) is 5.57 Å². The maximum Gasteiger partial charge on any atom is 0.231 e. The molecule has 7 nitrogen and oxygen atoms in total. The lowest BCUT2D eigenvalue weighted by atomic mass is 9.85. The second-order valence-electron chi connectivity index (χ2n) is 7.73. The molecule has 4 rings (SSSR count). The second kappa shape index (κ2) is 7.73. The molecule has 1 atom stereocenters. The van der Waals surface area contributed by atoms with Crippen molar-refractivity contribution in [2.24, 2.45) is 5.41 Å². The van der Waals surface area contributed by atoms with Crippen LogP contribution < -0.4 is 15.0 Å². The lowest BCUT2D eigenvalue weighted by molar-refractivity contribution is -0.134. The number of benzene rings is 1. The molecule has 2 aliphatic rings. The molecule has 2 aromatic rings. The first kappa shape index (κ1) is 19.2. The van der Waals surface area contributed by atoms with Gasteiger partial charge >= 0.3 is 0 Å². The summed E-state index contributed by atoms with van der Waals surface area (Å²) in [6.07, 6.45) is 3.37. The van der Waals surface area contributed by atoms with E-state index in [1.807, 2.05) is 36.2 Å². The number of carbonyl (C=O) groups is 1. The Bertz CT molecular complexity index is 931. The predicted molar refractivity (Wildman–Crippen MR) is 114 cm³/mol. The van der Waals surface area contributed by atoms with Crippen LogP contribution in [0, 0.1) is 5.41 Å². The number of hydrogen-bond acceptors (Lipinski definition) is 6. The first-order chi connectivity index (χ1) is 14.1. The summed E-state index contributed by atoms with van der Waals surface area (Å²) in [5, 5.41) is 3.20. The lowest BCUT2D eigenvalue weighted by Crippen LogP contribution is -2.37. The number of nitrogens with zero attached hydrogens (tertiary/aromatic N) is 4. The van der Waals surface area contributed by atoms with E-state index in [4.69, 9.17) is 4.74 Å². The fourth-order valence-electron chi connectivity index (χ4n) is 4.39. The molecule has 1 aromatic heterocycles. The van der Waals surface area contributed by atoms with Crippen molar-refractivity contribution >= 4 is 23.1 Å². The van der Waals surface area contributed by atoms with Crippen LogP contribution in [0.1, 0.15) is 18.4 Å². The maximum absolute atomic E-state index is 13.3. The third kappa shape index (κ3) is 3.52. The van der Waals surface area contributed by atoms with Crippen LogP contribution >= 0.6 is 0 Å². The minimum atomic E-state index is -0.352. The Kier molecular flexibility index (Phi) is 5.13. The van der Waals surface area contributed by atoms with Gasteiger partial charge in [0.05, 0.1) is 12.5 Å². The van der Waals surface area contributed by atoms with E-state index in [2.05, 4.69) is 26.8 Å². The Hall–Kier alpha value is -3.09. The molecule has 0 radical (unpaired) electrons. The van der Waals surface area contributed by atoms with Gasteiger partial charge < -0.3 is 19.9 Å². The maximum atomic E-state index is 13.3. The van der Waals surface area contributed by atoms with E-state index in [9.17, 15) is 4.79 Å². The first-order valence-corrected chi connectivity index (χ1v) is 9.92. The molecule has 0 aliphatic carbocycles. The highest BCUT2D eigenvalue weighted by molar-refractivity contribution is 5.88. The summed E-state index contributed by atoms with van der Waals surface area (Å²) in [4.78, 5) is 26.2. The second-order valence-corrected chi connectivity index (χ2v) is 7.73. The van der Waals surface area contributed by atoms with Gasteiger partial charge in [-0.25, -0.2) is 4.98 Å². The number of likely N-dealkylation sites (tertiary alicyclic amines) is 1. The van der Waals surface area contributed by atoms with E-state index < -0.39 is 0 Å². The van der Waals surface area contributed by atoms with Gasteiger partial charge in [-0.3, -0.25) is 4.79 Å². The molecule has 7 heteroatoms.